The first-order valence-electron chi connectivity index (χ1n) is 9.99. The Morgan fingerprint density at radius 2 is 1.78 bits per heavy atom. The van der Waals surface area contributed by atoms with Gasteiger partial charge in [-0.25, -0.2) is 24.3 Å². The largest absolute Gasteiger partial charge is 0.410 e. The number of hydrogen-bond donors (Lipinski definition) is 0. The number of alkyl halides is 3. The highest BCUT2D eigenvalue weighted by Gasteiger charge is 2.40. The zero-order valence-corrected chi connectivity index (χ0v) is 18.0. The number of nitrogens with zero attached hydrogens (tertiary/aromatic N) is 7. The summed E-state index contributed by atoms with van der Waals surface area (Å²) < 4.78 is 43.3. The summed E-state index contributed by atoms with van der Waals surface area (Å²) in [6.07, 6.45) is -0.106. The fraction of sp³-hybridized carbons (Fsp3) is 0.318. The zero-order valence-electron chi connectivity index (χ0n) is 18.0. The maximum atomic E-state index is 13.6. The fourth-order valence-electron chi connectivity index (χ4n) is 3.19. The van der Waals surface area contributed by atoms with Crippen LogP contribution in [0.1, 0.15) is 39.3 Å². The van der Waals surface area contributed by atoms with Gasteiger partial charge < -0.3 is 0 Å². The number of rotatable bonds is 4. The van der Waals surface area contributed by atoms with Gasteiger partial charge in [0.1, 0.15) is 18.7 Å². The minimum absolute atomic E-state index is 0.148. The molecule has 0 fully saturated rings. The molecule has 7 nitrogen and oxygen atoms in total. The van der Waals surface area contributed by atoms with Gasteiger partial charge in [-0.2, -0.15) is 18.3 Å². The van der Waals surface area contributed by atoms with E-state index in [4.69, 9.17) is 0 Å². The normalized spacial score (nSPS) is 13.3. The van der Waals surface area contributed by atoms with Crippen LogP contribution in [-0.2, 0) is 5.41 Å². The van der Waals surface area contributed by atoms with Gasteiger partial charge >= 0.3 is 6.18 Å². The van der Waals surface area contributed by atoms with Crippen LogP contribution in [0, 0.1) is 0 Å². The first kappa shape index (κ1) is 21.7. The van der Waals surface area contributed by atoms with Crippen molar-refractivity contribution in [2.45, 2.75) is 45.3 Å². The van der Waals surface area contributed by atoms with E-state index in [1.165, 1.54) is 23.5 Å². The highest BCUT2D eigenvalue weighted by atomic mass is 19.4. The second kappa shape index (κ2) is 7.85. The summed E-state index contributed by atoms with van der Waals surface area (Å²) in [5.41, 5.74) is 1.91. The molecule has 0 saturated heterocycles. The number of aromatic nitrogens is 7. The van der Waals surface area contributed by atoms with Crippen molar-refractivity contribution < 1.29 is 13.2 Å². The second-order valence-corrected chi connectivity index (χ2v) is 8.49. The zero-order chi connectivity index (χ0) is 23.1. The first-order chi connectivity index (χ1) is 15.0. The third-order valence-electron chi connectivity index (χ3n) is 5.12. The lowest BCUT2D eigenvalue weighted by molar-refractivity contribution is -0.165. The molecule has 10 heteroatoms. The van der Waals surface area contributed by atoms with Gasteiger partial charge in [0.2, 0.25) is 0 Å². The van der Waals surface area contributed by atoms with Crippen molar-refractivity contribution in [1.82, 2.24) is 34.5 Å². The monoisotopic (exact) mass is 441 g/mol. The Balaban J connectivity index is 1.86. The van der Waals surface area contributed by atoms with Crippen LogP contribution in [0.25, 0.3) is 28.6 Å². The first-order valence-corrected chi connectivity index (χ1v) is 9.99. The molecular formula is C22H22F3N7. The molecule has 0 spiro atoms. The Kier molecular flexibility index (Phi) is 5.31. The molecule has 3 aromatic heterocycles. The molecule has 0 N–H and O–H groups in total. The van der Waals surface area contributed by atoms with E-state index in [-0.39, 0.29) is 17.1 Å². The van der Waals surface area contributed by atoms with Gasteiger partial charge in [0.05, 0.1) is 0 Å². The molecule has 0 saturated carbocycles. The topological polar surface area (TPSA) is 74.3 Å². The molecule has 0 amide bonds. The van der Waals surface area contributed by atoms with Crippen LogP contribution in [0.4, 0.5) is 13.2 Å². The molecule has 166 valence electrons. The van der Waals surface area contributed by atoms with E-state index in [1.54, 1.807) is 18.2 Å². The van der Waals surface area contributed by atoms with Crippen molar-refractivity contribution in [2.24, 2.45) is 0 Å². The van der Waals surface area contributed by atoms with Crippen LogP contribution in [0.3, 0.4) is 0 Å². The molecule has 1 aromatic carbocycles. The maximum absolute atomic E-state index is 13.6. The van der Waals surface area contributed by atoms with E-state index in [0.29, 0.717) is 16.9 Å². The highest BCUT2D eigenvalue weighted by Crippen LogP contribution is 2.35. The molecule has 0 aliphatic carbocycles. The highest BCUT2D eigenvalue weighted by molar-refractivity contribution is 5.63. The molecule has 32 heavy (non-hydrogen) atoms. The summed E-state index contributed by atoms with van der Waals surface area (Å²) in [5.74, 6) is 0.771. The molecule has 0 aliphatic rings. The van der Waals surface area contributed by atoms with Crippen LogP contribution < -0.4 is 0 Å². The summed E-state index contributed by atoms with van der Waals surface area (Å²) in [4.78, 5) is 12.6. The van der Waals surface area contributed by atoms with Gasteiger partial charge in [-0.3, -0.25) is 0 Å². The molecule has 1 unspecified atom stereocenters. The summed E-state index contributed by atoms with van der Waals surface area (Å²) in [7, 11) is 0. The van der Waals surface area contributed by atoms with Gasteiger partial charge in [0.15, 0.2) is 17.5 Å². The predicted molar refractivity (Wildman–Crippen MR) is 113 cm³/mol. The third-order valence-corrected chi connectivity index (χ3v) is 5.12. The molecular weight excluding hydrogens is 419 g/mol. The summed E-state index contributed by atoms with van der Waals surface area (Å²) in [5, 5.41) is 8.28. The Bertz CT molecular complexity index is 1220. The van der Waals surface area contributed by atoms with Crippen LogP contribution >= 0.6 is 0 Å². The Hall–Kier alpha value is -3.56. The average molecular weight is 441 g/mol. The van der Waals surface area contributed by atoms with E-state index in [2.05, 4.69) is 25.1 Å². The molecule has 0 aliphatic heterocycles. The van der Waals surface area contributed by atoms with Crippen LogP contribution in [0.2, 0.25) is 0 Å². The van der Waals surface area contributed by atoms with Gasteiger partial charge in [-0.15, -0.1) is 5.10 Å². The van der Waals surface area contributed by atoms with Crippen molar-refractivity contribution in [3.05, 3.63) is 60.8 Å². The SMILES string of the molecule is CC(n1nc(-c2ccnc(-n3cncn3)c2)nc1-c1cccc(C(C)(C)C)c1)C(F)(F)F. The van der Waals surface area contributed by atoms with Crippen LogP contribution in [0.5, 0.6) is 0 Å². The Morgan fingerprint density at radius 3 is 2.44 bits per heavy atom. The van der Waals surface area contributed by atoms with E-state index < -0.39 is 12.2 Å². The molecule has 0 bridgehead atoms. The average Bonchev–Trinajstić information content (AvgIpc) is 3.42. The Labute approximate surface area is 183 Å². The van der Waals surface area contributed by atoms with E-state index in [9.17, 15) is 13.2 Å². The lowest BCUT2D eigenvalue weighted by atomic mass is 9.86. The number of benzene rings is 1. The number of hydrogen-bond acceptors (Lipinski definition) is 5. The minimum atomic E-state index is -4.48. The quantitative estimate of drug-likeness (QED) is 0.445. The van der Waals surface area contributed by atoms with Gasteiger partial charge in [-0.1, -0.05) is 39.0 Å². The van der Waals surface area contributed by atoms with Crippen molar-refractivity contribution in [1.29, 1.82) is 0 Å². The maximum Gasteiger partial charge on any atom is 0.410 e. The van der Waals surface area contributed by atoms with Crippen molar-refractivity contribution in [2.75, 3.05) is 0 Å². The smallest absolute Gasteiger partial charge is 0.237 e. The lowest BCUT2D eigenvalue weighted by Gasteiger charge is -2.21. The lowest BCUT2D eigenvalue weighted by Crippen LogP contribution is -2.25. The van der Waals surface area contributed by atoms with E-state index in [0.717, 1.165) is 17.2 Å². The molecule has 1 atom stereocenters. The number of halogens is 3. The van der Waals surface area contributed by atoms with Gasteiger partial charge in [0, 0.05) is 17.3 Å². The van der Waals surface area contributed by atoms with Crippen molar-refractivity contribution >= 4 is 0 Å². The second-order valence-electron chi connectivity index (χ2n) is 8.49. The molecule has 0 radical (unpaired) electrons. The van der Waals surface area contributed by atoms with Crippen LogP contribution in [-0.4, -0.2) is 40.7 Å². The number of pyridine rings is 1. The standard InChI is InChI=1S/C22H22F3N7/c1-14(22(23,24)25)32-20(16-6-5-7-17(10-16)21(2,3)4)29-19(30-32)15-8-9-27-18(11-15)31-13-26-12-28-31/h5-14H,1-4H3. The summed E-state index contributed by atoms with van der Waals surface area (Å²) >= 11 is 0. The fourth-order valence-corrected chi connectivity index (χ4v) is 3.19. The van der Waals surface area contributed by atoms with Gasteiger partial charge in [0.25, 0.3) is 0 Å². The Morgan fingerprint density at radius 1 is 1.00 bits per heavy atom. The van der Waals surface area contributed by atoms with Crippen molar-refractivity contribution in [3.8, 4) is 28.6 Å². The van der Waals surface area contributed by atoms with E-state index in [1.807, 2.05) is 39.0 Å². The third kappa shape index (κ3) is 4.25. The van der Waals surface area contributed by atoms with Crippen molar-refractivity contribution in [3.63, 3.8) is 0 Å². The summed E-state index contributed by atoms with van der Waals surface area (Å²) in [6.45, 7) is 7.21. The molecule has 4 rings (SSSR count). The molecule has 4 aromatic rings. The minimum Gasteiger partial charge on any atom is -0.237 e. The van der Waals surface area contributed by atoms with E-state index >= 15 is 0 Å². The van der Waals surface area contributed by atoms with Crippen LogP contribution in [0.15, 0.2) is 55.2 Å². The van der Waals surface area contributed by atoms with Gasteiger partial charge in [-0.05, 0) is 36.1 Å². The summed E-state index contributed by atoms with van der Waals surface area (Å²) in [6, 6.07) is 8.83. The molecule has 3 heterocycles. The predicted octanol–water partition coefficient (Wildman–Crippen LogP) is 5.01.